The Kier molecular flexibility index (Phi) is 3.99. The molecule has 0 bridgehead atoms. The first-order valence-corrected chi connectivity index (χ1v) is 9.44. The highest BCUT2D eigenvalue weighted by atomic mass is 19.3. The third-order valence-electron chi connectivity index (χ3n) is 5.53. The summed E-state index contributed by atoms with van der Waals surface area (Å²) in [6.45, 7) is 2.40. The van der Waals surface area contributed by atoms with Crippen LogP contribution in [0.2, 0.25) is 0 Å². The van der Waals surface area contributed by atoms with Crippen LogP contribution >= 0.6 is 0 Å². The van der Waals surface area contributed by atoms with E-state index in [0.29, 0.717) is 35.3 Å². The summed E-state index contributed by atoms with van der Waals surface area (Å²) in [5.74, 6) is -4.62. The van der Waals surface area contributed by atoms with Gasteiger partial charge in [0.05, 0.1) is 28.8 Å². The van der Waals surface area contributed by atoms with Crippen molar-refractivity contribution in [2.45, 2.75) is 25.4 Å². The lowest BCUT2D eigenvalue weighted by Gasteiger charge is -2.19. The first-order chi connectivity index (χ1) is 14.3. The summed E-state index contributed by atoms with van der Waals surface area (Å²) in [5, 5.41) is 4.99. The number of carbonyl (C=O) groups excluding carboxylic acids is 2. The van der Waals surface area contributed by atoms with Crippen LogP contribution in [0.3, 0.4) is 0 Å². The Morgan fingerprint density at radius 3 is 2.87 bits per heavy atom. The van der Waals surface area contributed by atoms with Gasteiger partial charge in [-0.3, -0.25) is 9.59 Å². The Balaban J connectivity index is 1.51. The zero-order valence-electron chi connectivity index (χ0n) is 15.8. The Labute approximate surface area is 169 Å². The summed E-state index contributed by atoms with van der Waals surface area (Å²) in [5.41, 5.74) is 1.91. The molecule has 3 aromatic rings. The zero-order chi connectivity index (χ0) is 21.0. The maximum atomic E-state index is 13.9. The Hall–Kier alpha value is -3.56. The maximum Gasteiger partial charge on any atom is 0.352 e. The number of ether oxygens (including phenoxy) is 1. The predicted octanol–water partition coefficient (Wildman–Crippen LogP) is 2.57. The van der Waals surface area contributed by atoms with Crippen LogP contribution in [0.25, 0.3) is 22.3 Å². The number of hydrogen-bond acceptors (Lipinski definition) is 5. The summed E-state index contributed by atoms with van der Waals surface area (Å²) in [7, 11) is 0. The summed E-state index contributed by atoms with van der Waals surface area (Å²) in [6, 6.07) is 5.91. The van der Waals surface area contributed by atoms with Gasteiger partial charge in [-0.15, -0.1) is 0 Å². The normalized spacial score (nSPS) is 20.7. The number of aromatic amines is 1. The fraction of sp³-hybridized carbons (Fsp3) is 0.300. The van der Waals surface area contributed by atoms with E-state index in [2.05, 4.69) is 25.6 Å². The minimum Gasteiger partial charge on any atom is -0.473 e. The van der Waals surface area contributed by atoms with Gasteiger partial charge in [-0.25, -0.2) is 9.97 Å². The molecular weight excluding hydrogens is 396 g/mol. The van der Waals surface area contributed by atoms with Crippen molar-refractivity contribution in [3.63, 3.8) is 0 Å². The molecule has 0 spiro atoms. The smallest absolute Gasteiger partial charge is 0.352 e. The molecule has 2 atom stereocenters. The fourth-order valence-electron chi connectivity index (χ4n) is 3.78. The van der Waals surface area contributed by atoms with Crippen LogP contribution in [-0.4, -0.2) is 39.4 Å². The molecule has 2 amide bonds. The molecule has 0 aliphatic carbocycles. The largest absolute Gasteiger partial charge is 0.473 e. The number of fused-ring (bicyclic) bond motifs is 2. The van der Waals surface area contributed by atoms with Gasteiger partial charge in [0, 0.05) is 24.4 Å². The number of H-pyrrole nitrogens is 1. The number of nitrogens with zero attached hydrogens (tertiary/aromatic N) is 2. The number of anilines is 1. The Morgan fingerprint density at radius 2 is 2.10 bits per heavy atom. The van der Waals surface area contributed by atoms with Crippen LogP contribution < -0.4 is 15.4 Å². The lowest BCUT2D eigenvalue weighted by Crippen LogP contribution is -2.26. The molecule has 8 nitrogen and oxygen atoms in total. The number of carbonyl (C=O) groups is 2. The molecule has 5 rings (SSSR count). The third kappa shape index (κ3) is 2.87. The van der Waals surface area contributed by atoms with Crippen molar-refractivity contribution in [3.8, 4) is 17.1 Å². The topological polar surface area (TPSA) is 109 Å². The molecule has 1 aromatic carbocycles. The minimum atomic E-state index is -3.55. The van der Waals surface area contributed by atoms with Gasteiger partial charge in [0.2, 0.25) is 11.8 Å². The molecule has 10 heteroatoms. The van der Waals surface area contributed by atoms with E-state index in [1.807, 2.05) is 6.92 Å². The van der Waals surface area contributed by atoms with Crippen LogP contribution in [0.4, 0.5) is 14.5 Å². The van der Waals surface area contributed by atoms with Crippen LogP contribution in [0, 0.1) is 5.92 Å². The lowest BCUT2D eigenvalue weighted by atomic mass is 10.0. The molecule has 1 saturated heterocycles. The van der Waals surface area contributed by atoms with E-state index in [9.17, 15) is 18.4 Å². The summed E-state index contributed by atoms with van der Waals surface area (Å²) in [6.07, 6.45) is 1.60. The molecule has 1 fully saturated rings. The van der Waals surface area contributed by atoms with Gasteiger partial charge in [0.1, 0.15) is 6.10 Å². The van der Waals surface area contributed by atoms with Crippen LogP contribution in [0.1, 0.15) is 18.9 Å². The SMILES string of the molecule is C[C@@H](Oc1nc(-c2ccc3c(c2)NC(=O)C3(F)F)cc2[nH]cnc12)[C@H]1CNC(=O)C1. The van der Waals surface area contributed by atoms with E-state index in [-0.39, 0.29) is 35.1 Å². The number of pyridine rings is 1. The minimum absolute atomic E-state index is 0.00869. The van der Waals surface area contributed by atoms with E-state index in [0.717, 1.165) is 0 Å². The van der Waals surface area contributed by atoms with Gasteiger partial charge >= 0.3 is 5.92 Å². The summed E-state index contributed by atoms with van der Waals surface area (Å²) in [4.78, 5) is 34.8. The van der Waals surface area contributed by atoms with Gasteiger partial charge in [0.15, 0.2) is 5.52 Å². The van der Waals surface area contributed by atoms with Gasteiger partial charge in [-0.1, -0.05) is 6.07 Å². The highest BCUT2D eigenvalue weighted by Gasteiger charge is 2.48. The quantitative estimate of drug-likeness (QED) is 0.609. The molecule has 0 radical (unpaired) electrons. The average molecular weight is 413 g/mol. The van der Waals surface area contributed by atoms with Crippen molar-refractivity contribution in [3.05, 3.63) is 36.2 Å². The monoisotopic (exact) mass is 413 g/mol. The Bertz CT molecular complexity index is 1190. The molecule has 2 aromatic heterocycles. The van der Waals surface area contributed by atoms with Gasteiger partial charge in [0.25, 0.3) is 5.91 Å². The van der Waals surface area contributed by atoms with Crippen molar-refractivity contribution in [2.75, 3.05) is 11.9 Å². The number of nitrogens with one attached hydrogen (secondary N) is 3. The van der Waals surface area contributed by atoms with E-state index in [4.69, 9.17) is 4.74 Å². The van der Waals surface area contributed by atoms with E-state index in [1.165, 1.54) is 24.5 Å². The Morgan fingerprint density at radius 1 is 1.27 bits per heavy atom. The predicted molar refractivity (Wildman–Crippen MR) is 103 cm³/mol. The van der Waals surface area contributed by atoms with Crippen LogP contribution in [-0.2, 0) is 15.5 Å². The molecule has 2 aliphatic rings. The maximum absolute atomic E-state index is 13.9. The second kappa shape index (κ2) is 6.48. The molecule has 30 heavy (non-hydrogen) atoms. The van der Waals surface area contributed by atoms with Crippen molar-refractivity contribution in [1.82, 2.24) is 20.3 Å². The third-order valence-corrected chi connectivity index (χ3v) is 5.53. The number of alkyl halides is 2. The average Bonchev–Trinajstić information content (AvgIpc) is 3.40. The number of amides is 2. The highest BCUT2D eigenvalue weighted by molar-refractivity contribution is 6.04. The van der Waals surface area contributed by atoms with Gasteiger partial charge in [-0.2, -0.15) is 8.78 Å². The first kappa shape index (κ1) is 18.5. The van der Waals surface area contributed by atoms with Crippen molar-refractivity contribution in [2.24, 2.45) is 5.92 Å². The molecule has 4 heterocycles. The molecule has 3 N–H and O–H groups in total. The zero-order valence-corrected chi connectivity index (χ0v) is 15.8. The number of halogens is 2. The van der Waals surface area contributed by atoms with E-state index < -0.39 is 11.8 Å². The van der Waals surface area contributed by atoms with Crippen molar-refractivity contribution >= 4 is 28.5 Å². The molecule has 0 saturated carbocycles. The summed E-state index contributed by atoms with van der Waals surface area (Å²) < 4.78 is 33.9. The highest BCUT2D eigenvalue weighted by Crippen LogP contribution is 2.42. The number of imidazole rings is 1. The van der Waals surface area contributed by atoms with Crippen LogP contribution in [0.15, 0.2) is 30.6 Å². The molecular formula is C20H17F2N5O3. The number of aromatic nitrogens is 3. The summed E-state index contributed by atoms with van der Waals surface area (Å²) >= 11 is 0. The van der Waals surface area contributed by atoms with E-state index in [1.54, 1.807) is 6.07 Å². The fourth-order valence-corrected chi connectivity index (χ4v) is 3.78. The van der Waals surface area contributed by atoms with Gasteiger partial charge < -0.3 is 20.4 Å². The number of benzene rings is 1. The number of rotatable bonds is 4. The second-order valence-corrected chi connectivity index (χ2v) is 7.49. The second-order valence-electron chi connectivity index (χ2n) is 7.49. The lowest BCUT2D eigenvalue weighted by molar-refractivity contribution is -0.139. The molecule has 2 aliphatic heterocycles. The molecule has 154 valence electrons. The van der Waals surface area contributed by atoms with Gasteiger partial charge in [-0.05, 0) is 25.1 Å². The van der Waals surface area contributed by atoms with Crippen LogP contribution in [0.5, 0.6) is 5.88 Å². The van der Waals surface area contributed by atoms with Crippen molar-refractivity contribution in [1.29, 1.82) is 0 Å². The molecule has 0 unspecified atom stereocenters. The standard InChI is InChI=1S/C20H17F2N5O3/c1-9(11-5-16(28)23-7-11)30-18-17-15(24-8-25-17)6-13(26-18)10-2-3-12-14(4-10)27-19(29)20(12,21)22/h2-4,6,8-9,11H,5,7H2,1H3,(H,23,28)(H,24,25)(H,27,29)/t9-,11-/m1/s1. The first-order valence-electron chi connectivity index (χ1n) is 9.44. The van der Waals surface area contributed by atoms with Crippen molar-refractivity contribution < 1.29 is 23.1 Å². The van der Waals surface area contributed by atoms with E-state index >= 15 is 0 Å². The number of hydrogen-bond donors (Lipinski definition) is 3.